The molecule has 2 amide bonds. The quantitative estimate of drug-likeness (QED) is 0.823. The first kappa shape index (κ1) is 19.4. The summed E-state index contributed by atoms with van der Waals surface area (Å²) in [5.41, 5.74) is 6.07. The Morgan fingerprint density at radius 1 is 1.12 bits per heavy atom. The van der Waals surface area contributed by atoms with Gasteiger partial charge >= 0.3 is 0 Å². The molecule has 0 aromatic heterocycles. The van der Waals surface area contributed by atoms with Crippen molar-refractivity contribution < 1.29 is 23.1 Å². The molecule has 2 N–H and O–H groups in total. The van der Waals surface area contributed by atoms with Gasteiger partial charge in [-0.25, -0.2) is 8.78 Å². The molecular formula is C19H20F2N2O3. The van der Waals surface area contributed by atoms with Crippen molar-refractivity contribution in [3.05, 3.63) is 65.7 Å². The zero-order valence-electron chi connectivity index (χ0n) is 14.5. The molecule has 0 aliphatic carbocycles. The second-order valence-electron chi connectivity index (χ2n) is 5.88. The maximum atomic E-state index is 13.3. The zero-order valence-corrected chi connectivity index (χ0v) is 14.5. The average molecular weight is 362 g/mol. The maximum absolute atomic E-state index is 13.3. The van der Waals surface area contributed by atoms with Gasteiger partial charge in [-0.1, -0.05) is 30.3 Å². The average Bonchev–Trinajstić information content (AvgIpc) is 2.62. The molecule has 0 saturated carbocycles. The van der Waals surface area contributed by atoms with Crippen LogP contribution in [0.15, 0.2) is 48.5 Å². The molecule has 2 atom stereocenters. The second kappa shape index (κ2) is 8.42. The van der Waals surface area contributed by atoms with Gasteiger partial charge < -0.3 is 15.4 Å². The summed E-state index contributed by atoms with van der Waals surface area (Å²) in [5.74, 6) is -3.01. The van der Waals surface area contributed by atoms with E-state index in [1.807, 2.05) is 6.07 Å². The summed E-state index contributed by atoms with van der Waals surface area (Å²) in [6.07, 6.45) is -1.02. The highest BCUT2D eigenvalue weighted by atomic mass is 19.2. The zero-order chi connectivity index (χ0) is 19.3. The fraction of sp³-hybridized carbons (Fsp3) is 0.263. The molecule has 0 aliphatic rings. The summed E-state index contributed by atoms with van der Waals surface area (Å²) in [4.78, 5) is 25.5. The van der Waals surface area contributed by atoms with Gasteiger partial charge in [0.15, 0.2) is 17.7 Å². The molecule has 2 aromatic rings. The lowest BCUT2D eigenvalue weighted by molar-refractivity contribution is -0.139. The van der Waals surface area contributed by atoms with E-state index in [-0.39, 0.29) is 12.2 Å². The number of hydrogen-bond donors (Lipinski definition) is 1. The van der Waals surface area contributed by atoms with Crippen LogP contribution >= 0.6 is 0 Å². The van der Waals surface area contributed by atoms with Crippen molar-refractivity contribution in [2.75, 3.05) is 7.05 Å². The van der Waals surface area contributed by atoms with Gasteiger partial charge in [-0.3, -0.25) is 9.59 Å². The highest BCUT2D eigenvalue weighted by molar-refractivity contribution is 5.82. The summed E-state index contributed by atoms with van der Waals surface area (Å²) in [6.45, 7) is 1.49. The van der Waals surface area contributed by atoms with E-state index in [0.717, 1.165) is 17.7 Å². The molecule has 7 heteroatoms. The summed E-state index contributed by atoms with van der Waals surface area (Å²) >= 11 is 0. The monoisotopic (exact) mass is 362 g/mol. The largest absolute Gasteiger partial charge is 0.481 e. The topological polar surface area (TPSA) is 72.6 Å². The molecule has 2 rings (SSSR count). The first-order chi connectivity index (χ1) is 12.3. The smallest absolute Gasteiger partial charge is 0.263 e. The van der Waals surface area contributed by atoms with E-state index in [1.165, 1.54) is 24.9 Å². The van der Waals surface area contributed by atoms with Crippen molar-refractivity contribution in [3.8, 4) is 5.75 Å². The molecule has 0 fully saturated rings. The summed E-state index contributed by atoms with van der Waals surface area (Å²) in [5, 5.41) is 0. The molecule has 0 spiro atoms. The molecule has 26 heavy (non-hydrogen) atoms. The minimum Gasteiger partial charge on any atom is -0.481 e. The standard InChI is InChI=1S/C19H20F2N2O3/c1-12(26-14-8-9-15(20)16(21)10-14)19(25)23(2)17(11-18(22)24)13-6-4-3-5-7-13/h3-10,12,17H,11H2,1-2H3,(H2,22,24)/t12-,17-/m1/s1. The van der Waals surface area contributed by atoms with Crippen LogP contribution in [0.4, 0.5) is 8.78 Å². The van der Waals surface area contributed by atoms with Gasteiger partial charge in [0.1, 0.15) is 5.75 Å². The Morgan fingerprint density at radius 2 is 1.77 bits per heavy atom. The number of ether oxygens (including phenoxy) is 1. The van der Waals surface area contributed by atoms with Gasteiger partial charge in [0.25, 0.3) is 5.91 Å². The fourth-order valence-corrected chi connectivity index (χ4v) is 2.59. The molecule has 138 valence electrons. The van der Waals surface area contributed by atoms with Crippen LogP contribution in [0.2, 0.25) is 0 Å². The third kappa shape index (κ3) is 4.78. The molecule has 0 saturated heterocycles. The molecule has 0 aliphatic heterocycles. The minimum atomic E-state index is -1.06. The number of likely N-dealkylation sites (N-methyl/N-ethyl adjacent to an activating group) is 1. The lowest BCUT2D eigenvalue weighted by Crippen LogP contribution is -2.41. The summed E-state index contributed by atoms with van der Waals surface area (Å²) in [7, 11) is 1.54. The lowest BCUT2D eigenvalue weighted by Gasteiger charge is -2.30. The van der Waals surface area contributed by atoms with E-state index < -0.39 is 35.6 Å². The third-order valence-electron chi connectivity index (χ3n) is 3.95. The van der Waals surface area contributed by atoms with Crippen molar-refractivity contribution in [3.63, 3.8) is 0 Å². The van der Waals surface area contributed by atoms with Gasteiger partial charge in [-0.2, -0.15) is 0 Å². The Kier molecular flexibility index (Phi) is 6.27. The lowest BCUT2D eigenvalue weighted by atomic mass is 10.0. The molecule has 0 unspecified atom stereocenters. The van der Waals surface area contributed by atoms with Crippen molar-refractivity contribution >= 4 is 11.8 Å². The van der Waals surface area contributed by atoms with Crippen LogP contribution in [0.3, 0.4) is 0 Å². The Labute approximate surface area is 150 Å². The Balaban J connectivity index is 2.16. The van der Waals surface area contributed by atoms with Crippen LogP contribution < -0.4 is 10.5 Å². The fourth-order valence-electron chi connectivity index (χ4n) is 2.59. The number of halogens is 2. The van der Waals surface area contributed by atoms with Crippen LogP contribution in [0, 0.1) is 11.6 Å². The SMILES string of the molecule is C[C@@H](Oc1ccc(F)c(F)c1)C(=O)N(C)[C@H](CC(N)=O)c1ccccc1. The van der Waals surface area contributed by atoms with Crippen LogP contribution in [-0.4, -0.2) is 29.9 Å². The third-order valence-corrected chi connectivity index (χ3v) is 3.95. The van der Waals surface area contributed by atoms with E-state index in [1.54, 1.807) is 24.3 Å². The van der Waals surface area contributed by atoms with E-state index in [4.69, 9.17) is 10.5 Å². The van der Waals surface area contributed by atoms with E-state index in [9.17, 15) is 18.4 Å². The number of benzene rings is 2. The first-order valence-corrected chi connectivity index (χ1v) is 8.01. The Morgan fingerprint density at radius 3 is 2.35 bits per heavy atom. The Hall–Kier alpha value is -2.96. The number of primary amides is 1. The van der Waals surface area contributed by atoms with Gasteiger partial charge in [0.2, 0.25) is 5.91 Å². The molecule has 0 heterocycles. The number of nitrogens with zero attached hydrogens (tertiary/aromatic N) is 1. The van der Waals surface area contributed by atoms with Gasteiger partial charge in [0.05, 0.1) is 12.5 Å². The number of nitrogens with two attached hydrogens (primary N) is 1. The normalized spacial score (nSPS) is 12.9. The summed E-state index contributed by atoms with van der Waals surface area (Å²) < 4.78 is 31.7. The van der Waals surface area contributed by atoms with Crippen LogP contribution in [-0.2, 0) is 9.59 Å². The number of hydrogen-bond acceptors (Lipinski definition) is 3. The minimum absolute atomic E-state index is 0.0318. The van der Waals surface area contributed by atoms with Gasteiger partial charge in [-0.15, -0.1) is 0 Å². The molecular weight excluding hydrogens is 342 g/mol. The van der Waals surface area contributed by atoms with Crippen molar-refractivity contribution in [2.45, 2.75) is 25.5 Å². The summed E-state index contributed by atoms with van der Waals surface area (Å²) in [6, 6.07) is 11.5. The number of carbonyl (C=O) groups excluding carboxylic acids is 2. The van der Waals surface area contributed by atoms with Crippen molar-refractivity contribution in [1.82, 2.24) is 4.90 Å². The molecule has 2 aromatic carbocycles. The van der Waals surface area contributed by atoms with Crippen molar-refractivity contribution in [1.29, 1.82) is 0 Å². The van der Waals surface area contributed by atoms with E-state index in [2.05, 4.69) is 0 Å². The van der Waals surface area contributed by atoms with E-state index in [0.29, 0.717) is 0 Å². The van der Waals surface area contributed by atoms with Gasteiger partial charge in [0, 0.05) is 13.1 Å². The predicted octanol–water partition coefficient (Wildman–Crippen LogP) is 2.81. The number of rotatable bonds is 7. The molecule has 0 bridgehead atoms. The Bertz CT molecular complexity index is 784. The number of carbonyl (C=O) groups is 2. The number of amides is 2. The van der Waals surface area contributed by atoms with Crippen LogP contribution in [0.5, 0.6) is 5.75 Å². The highest BCUT2D eigenvalue weighted by Gasteiger charge is 2.28. The predicted molar refractivity (Wildman–Crippen MR) is 92.2 cm³/mol. The molecule has 5 nitrogen and oxygen atoms in total. The van der Waals surface area contributed by atoms with Gasteiger partial charge in [-0.05, 0) is 24.6 Å². The van der Waals surface area contributed by atoms with Crippen LogP contribution in [0.1, 0.15) is 24.9 Å². The van der Waals surface area contributed by atoms with Crippen LogP contribution in [0.25, 0.3) is 0 Å². The van der Waals surface area contributed by atoms with Crippen molar-refractivity contribution in [2.24, 2.45) is 5.73 Å². The second-order valence-corrected chi connectivity index (χ2v) is 5.88. The molecule has 0 radical (unpaired) electrons. The first-order valence-electron chi connectivity index (χ1n) is 8.01. The highest BCUT2D eigenvalue weighted by Crippen LogP contribution is 2.24. The van der Waals surface area contributed by atoms with E-state index >= 15 is 0 Å². The maximum Gasteiger partial charge on any atom is 0.263 e.